The Kier molecular flexibility index (Phi) is 6.63. The molecule has 17 heavy (non-hydrogen) atoms. The standard InChI is InChI=1S/C14H23NOS/c1-11(2)12-4-6-13(7-5-12)14(15-3)10-17-9-8-16/h4-7,11,14-16H,8-10H2,1-3H3. The largest absolute Gasteiger partial charge is 0.396 e. The summed E-state index contributed by atoms with van der Waals surface area (Å²) in [6.45, 7) is 4.68. The maximum atomic E-state index is 8.78. The second-order valence-electron chi connectivity index (χ2n) is 4.46. The van der Waals surface area contributed by atoms with Gasteiger partial charge in [-0.3, -0.25) is 0 Å². The molecule has 1 atom stereocenters. The predicted octanol–water partition coefficient (Wildman–Crippen LogP) is 2.80. The lowest BCUT2D eigenvalue weighted by Gasteiger charge is -2.17. The minimum absolute atomic E-state index is 0.257. The van der Waals surface area contributed by atoms with Crippen LogP contribution in [-0.2, 0) is 0 Å². The molecule has 1 aromatic rings. The highest BCUT2D eigenvalue weighted by Crippen LogP contribution is 2.21. The maximum absolute atomic E-state index is 8.78. The zero-order chi connectivity index (χ0) is 12.7. The van der Waals surface area contributed by atoms with Crippen LogP contribution in [0.1, 0.15) is 36.9 Å². The predicted molar refractivity (Wildman–Crippen MR) is 76.7 cm³/mol. The summed E-state index contributed by atoms with van der Waals surface area (Å²) in [5.41, 5.74) is 2.70. The molecule has 0 fully saturated rings. The van der Waals surface area contributed by atoms with E-state index >= 15 is 0 Å². The van der Waals surface area contributed by atoms with E-state index in [1.165, 1.54) is 11.1 Å². The van der Waals surface area contributed by atoms with Crippen LogP contribution in [-0.4, -0.2) is 30.3 Å². The zero-order valence-corrected chi connectivity index (χ0v) is 11.8. The summed E-state index contributed by atoms with van der Waals surface area (Å²) in [5.74, 6) is 2.39. The fourth-order valence-corrected chi connectivity index (χ4v) is 2.62. The molecule has 0 saturated carbocycles. The third-order valence-corrected chi connectivity index (χ3v) is 3.91. The monoisotopic (exact) mass is 253 g/mol. The second-order valence-corrected chi connectivity index (χ2v) is 5.61. The fourth-order valence-electron chi connectivity index (χ4n) is 1.73. The van der Waals surface area contributed by atoms with Gasteiger partial charge in [0.25, 0.3) is 0 Å². The van der Waals surface area contributed by atoms with Gasteiger partial charge in [-0.1, -0.05) is 38.1 Å². The molecule has 3 heteroatoms. The molecule has 0 spiro atoms. The topological polar surface area (TPSA) is 32.3 Å². The fraction of sp³-hybridized carbons (Fsp3) is 0.571. The molecule has 0 aromatic heterocycles. The molecule has 96 valence electrons. The molecule has 0 radical (unpaired) electrons. The van der Waals surface area contributed by atoms with Gasteiger partial charge in [-0.2, -0.15) is 11.8 Å². The van der Waals surface area contributed by atoms with Gasteiger partial charge in [-0.25, -0.2) is 0 Å². The van der Waals surface area contributed by atoms with Crippen LogP contribution in [0.25, 0.3) is 0 Å². The number of nitrogens with one attached hydrogen (secondary N) is 1. The van der Waals surface area contributed by atoms with Gasteiger partial charge in [-0.05, 0) is 24.1 Å². The van der Waals surface area contributed by atoms with E-state index in [4.69, 9.17) is 5.11 Å². The molecule has 0 amide bonds. The van der Waals surface area contributed by atoms with Crippen molar-refractivity contribution in [2.24, 2.45) is 0 Å². The van der Waals surface area contributed by atoms with Crippen molar-refractivity contribution >= 4 is 11.8 Å². The maximum Gasteiger partial charge on any atom is 0.0521 e. The summed E-state index contributed by atoms with van der Waals surface area (Å²) < 4.78 is 0. The van der Waals surface area contributed by atoms with E-state index in [0.29, 0.717) is 12.0 Å². The van der Waals surface area contributed by atoms with Crippen molar-refractivity contribution in [2.45, 2.75) is 25.8 Å². The van der Waals surface area contributed by atoms with E-state index in [0.717, 1.165) is 11.5 Å². The van der Waals surface area contributed by atoms with Crippen LogP contribution in [0.4, 0.5) is 0 Å². The molecule has 0 saturated heterocycles. The van der Waals surface area contributed by atoms with Crippen LogP contribution in [0.15, 0.2) is 24.3 Å². The number of rotatable bonds is 7. The summed E-state index contributed by atoms with van der Waals surface area (Å²) in [7, 11) is 1.99. The molecule has 1 aromatic carbocycles. The van der Waals surface area contributed by atoms with Crippen molar-refractivity contribution < 1.29 is 5.11 Å². The SMILES string of the molecule is CNC(CSCCO)c1ccc(C(C)C)cc1. The van der Waals surface area contributed by atoms with Crippen LogP contribution in [0.5, 0.6) is 0 Å². The van der Waals surface area contributed by atoms with Gasteiger partial charge >= 0.3 is 0 Å². The first kappa shape index (κ1) is 14.6. The lowest BCUT2D eigenvalue weighted by Crippen LogP contribution is -2.19. The van der Waals surface area contributed by atoms with Gasteiger partial charge in [-0.15, -0.1) is 0 Å². The number of aliphatic hydroxyl groups excluding tert-OH is 1. The molecular formula is C14H23NOS. The summed E-state index contributed by atoms with van der Waals surface area (Å²) in [4.78, 5) is 0. The average molecular weight is 253 g/mol. The van der Waals surface area contributed by atoms with Gasteiger partial charge in [0, 0.05) is 17.5 Å². The minimum atomic E-state index is 0.257. The van der Waals surface area contributed by atoms with E-state index in [2.05, 4.69) is 43.4 Å². The van der Waals surface area contributed by atoms with Crippen molar-refractivity contribution in [1.29, 1.82) is 0 Å². The zero-order valence-electron chi connectivity index (χ0n) is 10.9. The molecule has 0 heterocycles. The molecule has 2 N–H and O–H groups in total. The van der Waals surface area contributed by atoms with Crippen LogP contribution in [0, 0.1) is 0 Å². The number of thioether (sulfide) groups is 1. The van der Waals surface area contributed by atoms with Gasteiger partial charge in [0.1, 0.15) is 0 Å². The first-order valence-corrected chi connectivity index (χ1v) is 7.30. The Morgan fingerprint density at radius 1 is 1.18 bits per heavy atom. The van der Waals surface area contributed by atoms with Crippen molar-refractivity contribution in [3.05, 3.63) is 35.4 Å². The first-order valence-electron chi connectivity index (χ1n) is 6.14. The van der Waals surface area contributed by atoms with E-state index in [1.54, 1.807) is 11.8 Å². The second kappa shape index (κ2) is 7.75. The summed E-state index contributed by atoms with van der Waals surface area (Å²) in [6, 6.07) is 9.20. The van der Waals surface area contributed by atoms with Crippen molar-refractivity contribution in [2.75, 3.05) is 25.2 Å². The number of hydrogen-bond acceptors (Lipinski definition) is 3. The average Bonchev–Trinajstić information content (AvgIpc) is 2.35. The molecule has 2 nitrogen and oxygen atoms in total. The lowest BCUT2D eigenvalue weighted by atomic mass is 10.00. The number of hydrogen-bond donors (Lipinski definition) is 2. The van der Waals surface area contributed by atoms with Crippen LogP contribution in [0.2, 0.25) is 0 Å². The van der Waals surface area contributed by atoms with E-state index in [1.807, 2.05) is 7.05 Å². The smallest absolute Gasteiger partial charge is 0.0521 e. The molecule has 0 aliphatic heterocycles. The molecule has 1 rings (SSSR count). The van der Waals surface area contributed by atoms with Crippen molar-refractivity contribution in [1.82, 2.24) is 5.32 Å². The molecule has 0 aliphatic carbocycles. The Morgan fingerprint density at radius 2 is 1.76 bits per heavy atom. The van der Waals surface area contributed by atoms with Crippen LogP contribution in [0.3, 0.4) is 0 Å². The Morgan fingerprint density at radius 3 is 2.24 bits per heavy atom. The van der Waals surface area contributed by atoms with Crippen molar-refractivity contribution in [3.8, 4) is 0 Å². The number of aliphatic hydroxyl groups is 1. The molecule has 0 aliphatic rings. The Labute approximate surface area is 109 Å². The van der Waals surface area contributed by atoms with E-state index in [-0.39, 0.29) is 6.61 Å². The summed E-state index contributed by atoms with van der Waals surface area (Å²) in [6.07, 6.45) is 0. The van der Waals surface area contributed by atoms with E-state index in [9.17, 15) is 0 Å². The summed E-state index contributed by atoms with van der Waals surface area (Å²) in [5, 5.41) is 12.1. The van der Waals surface area contributed by atoms with Crippen LogP contribution < -0.4 is 5.32 Å². The third-order valence-electron chi connectivity index (χ3n) is 2.87. The highest BCUT2D eigenvalue weighted by Gasteiger charge is 2.09. The highest BCUT2D eigenvalue weighted by molar-refractivity contribution is 7.99. The molecular weight excluding hydrogens is 230 g/mol. The Bertz CT molecular complexity index is 311. The lowest BCUT2D eigenvalue weighted by molar-refractivity contribution is 0.322. The van der Waals surface area contributed by atoms with Gasteiger partial charge in [0.2, 0.25) is 0 Å². The number of benzene rings is 1. The summed E-state index contributed by atoms with van der Waals surface area (Å²) >= 11 is 1.78. The van der Waals surface area contributed by atoms with E-state index < -0.39 is 0 Å². The third kappa shape index (κ3) is 4.70. The highest BCUT2D eigenvalue weighted by atomic mass is 32.2. The normalized spacial score (nSPS) is 13.0. The Hall–Kier alpha value is -0.510. The quantitative estimate of drug-likeness (QED) is 0.733. The van der Waals surface area contributed by atoms with Crippen LogP contribution >= 0.6 is 11.8 Å². The molecule has 1 unspecified atom stereocenters. The van der Waals surface area contributed by atoms with Gasteiger partial charge in [0.15, 0.2) is 0 Å². The Balaban J connectivity index is 2.62. The molecule has 0 bridgehead atoms. The first-order chi connectivity index (χ1) is 8.19. The van der Waals surface area contributed by atoms with Crippen molar-refractivity contribution in [3.63, 3.8) is 0 Å². The van der Waals surface area contributed by atoms with Gasteiger partial charge in [0.05, 0.1) is 6.61 Å². The van der Waals surface area contributed by atoms with Gasteiger partial charge < -0.3 is 10.4 Å². The minimum Gasteiger partial charge on any atom is -0.396 e.